The number of fused-ring (bicyclic) bond motifs is 1. The summed E-state index contributed by atoms with van der Waals surface area (Å²) in [5.41, 5.74) is 7.65. The number of anilines is 2. The molecule has 8 heteroatoms. The fourth-order valence-electron chi connectivity index (χ4n) is 7.21. The van der Waals surface area contributed by atoms with E-state index in [1.54, 1.807) is 19.2 Å². The topological polar surface area (TPSA) is 83.9 Å². The monoisotopic (exact) mass is 556 g/mol. The Kier molecular flexibility index (Phi) is 5.18. The smallest absolute Gasteiger partial charge is 0.239 e. The molecule has 0 unspecified atom stereocenters. The first-order chi connectivity index (χ1) is 20.1. The first-order valence-electron chi connectivity index (χ1n) is 13.5. The molecule has 2 amide bonds. The van der Waals surface area contributed by atoms with Gasteiger partial charge in [0.05, 0.1) is 40.3 Å². The molecular weight excluding hydrogens is 532 g/mol. The Balaban J connectivity index is 1.32. The zero-order chi connectivity index (χ0) is 27.7. The number of methoxy groups -OCH3 is 1. The number of aromatic nitrogens is 1. The minimum Gasteiger partial charge on any atom is -0.495 e. The molecule has 9 rings (SSSR count). The Labute approximate surface area is 240 Å². The maximum absolute atomic E-state index is 14.5. The number of thiazole rings is 1. The summed E-state index contributed by atoms with van der Waals surface area (Å²) in [6.45, 7) is 0. The molecule has 1 N–H and O–H groups in total. The van der Waals surface area contributed by atoms with Crippen molar-refractivity contribution in [2.24, 2.45) is 16.9 Å². The highest BCUT2D eigenvalue weighted by molar-refractivity contribution is 7.22. The number of ether oxygens (including phenoxy) is 1. The van der Waals surface area contributed by atoms with Gasteiger partial charge in [-0.2, -0.15) is 5.10 Å². The highest BCUT2D eigenvalue weighted by Gasteiger charge is 2.68. The van der Waals surface area contributed by atoms with E-state index in [4.69, 9.17) is 9.84 Å². The van der Waals surface area contributed by atoms with E-state index in [9.17, 15) is 9.59 Å². The predicted molar refractivity (Wildman–Crippen MR) is 160 cm³/mol. The fraction of sp³-hybridized carbons (Fsp3) is 0.152. The van der Waals surface area contributed by atoms with Gasteiger partial charge in [0, 0.05) is 12.1 Å². The number of hydrogen-bond acceptors (Lipinski definition) is 7. The van der Waals surface area contributed by atoms with Crippen molar-refractivity contribution >= 4 is 50.4 Å². The van der Waals surface area contributed by atoms with Gasteiger partial charge >= 0.3 is 0 Å². The molecule has 1 aliphatic heterocycles. The first kappa shape index (κ1) is 24.0. The van der Waals surface area contributed by atoms with Crippen molar-refractivity contribution in [2.45, 2.75) is 11.3 Å². The number of rotatable bonds is 5. The molecule has 7 nitrogen and oxygen atoms in total. The van der Waals surface area contributed by atoms with Crippen molar-refractivity contribution in [3.05, 3.63) is 119 Å². The van der Waals surface area contributed by atoms with Crippen molar-refractivity contribution in [3.63, 3.8) is 0 Å². The standard InChI is InChI=1S/C33H24N4O3S/c1-40-25-16-8-7-15-24(25)37-30(38)28-27-19-10-2-4-12-21(19)33(29(28)31(37)39,22-13-5-3-11-20(22)27)18-34-36-32-35-23-14-6-9-17-26(23)41-32/h2-18,27-29H,1H3,(H,35,36)/b34-18-/t27?,28-,29+,33?/m0/s1. The summed E-state index contributed by atoms with van der Waals surface area (Å²) < 4.78 is 6.63. The zero-order valence-electron chi connectivity index (χ0n) is 22.0. The van der Waals surface area contributed by atoms with Gasteiger partial charge in [0.15, 0.2) is 0 Å². The molecule has 1 fully saturated rings. The summed E-state index contributed by atoms with van der Waals surface area (Å²) in [5, 5.41) is 5.40. The molecule has 0 radical (unpaired) electrons. The molecule has 4 aliphatic rings. The number of imide groups is 1. The molecule has 2 atom stereocenters. The second kappa shape index (κ2) is 8.84. The van der Waals surface area contributed by atoms with E-state index < -0.39 is 17.3 Å². The Hall–Kier alpha value is -4.82. The Morgan fingerprint density at radius 3 is 2.27 bits per heavy atom. The van der Waals surface area contributed by atoms with Crippen LogP contribution in [-0.4, -0.2) is 30.1 Å². The highest BCUT2D eigenvalue weighted by Crippen LogP contribution is 2.64. The number of para-hydroxylation sites is 3. The second-order valence-electron chi connectivity index (χ2n) is 10.6. The van der Waals surface area contributed by atoms with Crippen molar-refractivity contribution in [3.8, 4) is 5.75 Å². The maximum atomic E-state index is 14.5. The quantitative estimate of drug-likeness (QED) is 0.164. The summed E-state index contributed by atoms with van der Waals surface area (Å²) in [5.74, 6) is -1.46. The van der Waals surface area contributed by atoms with Gasteiger partial charge < -0.3 is 4.74 Å². The van der Waals surface area contributed by atoms with E-state index in [-0.39, 0.29) is 17.7 Å². The van der Waals surface area contributed by atoms with Crippen molar-refractivity contribution in [1.29, 1.82) is 0 Å². The van der Waals surface area contributed by atoms with Crippen LogP contribution in [0.2, 0.25) is 0 Å². The molecule has 1 saturated heterocycles. The number of hydrazone groups is 1. The number of carbonyl (C=O) groups is 2. The molecule has 0 spiro atoms. The third kappa shape index (κ3) is 3.19. The lowest BCUT2D eigenvalue weighted by Crippen LogP contribution is -2.54. The fourth-order valence-corrected chi connectivity index (χ4v) is 8.03. The number of nitrogens with one attached hydrogen (secondary N) is 1. The largest absolute Gasteiger partial charge is 0.495 e. The maximum Gasteiger partial charge on any atom is 0.239 e. The average molecular weight is 557 g/mol. The molecule has 2 bridgehead atoms. The number of amides is 2. The number of benzene rings is 4. The van der Waals surface area contributed by atoms with Gasteiger partial charge in [0.2, 0.25) is 16.9 Å². The molecule has 200 valence electrons. The van der Waals surface area contributed by atoms with Gasteiger partial charge in [-0.15, -0.1) is 0 Å². The van der Waals surface area contributed by atoms with Crippen LogP contribution >= 0.6 is 11.3 Å². The van der Waals surface area contributed by atoms with Crippen LogP contribution in [0.1, 0.15) is 28.2 Å². The van der Waals surface area contributed by atoms with Crippen LogP contribution in [0, 0.1) is 11.8 Å². The third-order valence-electron chi connectivity index (χ3n) is 8.73. The molecule has 3 aliphatic carbocycles. The first-order valence-corrected chi connectivity index (χ1v) is 14.3. The van der Waals surface area contributed by atoms with Gasteiger partial charge in [-0.1, -0.05) is 84.1 Å². The molecule has 5 aromatic rings. The van der Waals surface area contributed by atoms with E-state index in [0.29, 0.717) is 16.6 Å². The number of nitrogens with zero attached hydrogens (tertiary/aromatic N) is 3. The molecular formula is C33H24N4O3S. The minimum atomic E-state index is -0.959. The molecule has 2 heterocycles. The highest BCUT2D eigenvalue weighted by atomic mass is 32.1. The van der Waals surface area contributed by atoms with Crippen molar-refractivity contribution < 1.29 is 14.3 Å². The molecule has 4 aromatic carbocycles. The number of hydrogen-bond donors (Lipinski definition) is 1. The SMILES string of the molecule is COc1ccccc1N1C(=O)[C@H]2C3c4ccccc4C(/C=N\Nc4nc5ccccc5s4)(c4ccccc43)[C@H]2C1=O. The van der Waals surface area contributed by atoms with Crippen LogP contribution in [0.5, 0.6) is 5.75 Å². The van der Waals surface area contributed by atoms with E-state index in [2.05, 4.69) is 34.7 Å². The molecule has 41 heavy (non-hydrogen) atoms. The summed E-state index contributed by atoms with van der Waals surface area (Å²) in [7, 11) is 1.55. The van der Waals surface area contributed by atoms with Crippen LogP contribution in [0.3, 0.4) is 0 Å². The minimum absolute atomic E-state index is 0.213. The lowest BCUT2D eigenvalue weighted by atomic mass is 9.47. The lowest BCUT2D eigenvalue weighted by Gasteiger charge is -2.52. The van der Waals surface area contributed by atoms with Gasteiger partial charge in [-0.25, -0.2) is 9.88 Å². The van der Waals surface area contributed by atoms with Crippen LogP contribution in [0.15, 0.2) is 102 Å². The zero-order valence-corrected chi connectivity index (χ0v) is 22.8. The van der Waals surface area contributed by atoms with Gasteiger partial charge in [-0.05, 0) is 46.5 Å². The normalized spacial score (nSPS) is 24.0. The summed E-state index contributed by atoms with van der Waals surface area (Å²) in [4.78, 5) is 34.9. The van der Waals surface area contributed by atoms with Crippen LogP contribution < -0.4 is 15.1 Å². The van der Waals surface area contributed by atoms with E-state index in [0.717, 1.165) is 32.5 Å². The summed E-state index contributed by atoms with van der Waals surface area (Å²) >= 11 is 1.51. The summed E-state index contributed by atoms with van der Waals surface area (Å²) in [6, 6.07) is 31.4. The van der Waals surface area contributed by atoms with Crippen LogP contribution in [-0.2, 0) is 15.0 Å². The van der Waals surface area contributed by atoms with Gasteiger partial charge in [-0.3, -0.25) is 15.0 Å². The Morgan fingerprint density at radius 2 is 1.54 bits per heavy atom. The lowest BCUT2D eigenvalue weighted by molar-refractivity contribution is -0.122. The van der Waals surface area contributed by atoms with E-state index >= 15 is 0 Å². The third-order valence-corrected chi connectivity index (χ3v) is 9.67. The van der Waals surface area contributed by atoms with Gasteiger partial charge in [0.25, 0.3) is 0 Å². The Morgan fingerprint density at radius 1 is 0.878 bits per heavy atom. The predicted octanol–water partition coefficient (Wildman–Crippen LogP) is 5.95. The van der Waals surface area contributed by atoms with Crippen molar-refractivity contribution in [1.82, 2.24) is 4.98 Å². The molecule has 0 saturated carbocycles. The summed E-state index contributed by atoms with van der Waals surface area (Å²) in [6.07, 6.45) is 1.83. The van der Waals surface area contributed by atoms with Crippen LogP contribution in [0.25, 0.3) is 10.2 Å². The number of carbonyl (C=O) groups excluding carboxylic acids is 2. The average Bonchev–Trinajstić information content (AvgIpc) is 3.55. The van der Waals surface area contributed by atoms with Crippen LogP contribution in [0.4, 0.5) is 10.8 Å². The van der Waals surface area contributed by atoms with Gasteiger partial charge in [0.1, 0.15) is 5.75 Å². The Bertz CT molecular complexity index is 1830. The van der Waals surface area contributed by atoms with E-state index in [1.165, 1.54) is 16.2 Å². The van der Waals surface area contributed by atoms with E-state index in [1.807, 2.05) is 66.9 Å². The molecule has 1 aromatic heterocycles. The second-order valence-corrected chi connectivity index (χ2v) is 11.6. The van der Waals surface area contributed by atoms with Crippen molar-refractivity contribution in [2.75, 3.05) is 17.4 Å².